The van der Waals surface area contributed by atoms with E-state index in [2.05, 4.69) is 15.8 Å². The van der Waals surface area contributed by atoms with Crippen LogP contribution in [0.2, 0.25) is 0 Å². The molecule has 0 unspecified atom stereocenters. The van der Waals surface area contributed by atoms with Crippen LogP contribution >= 0.6 is 0 Å². The fourth-order valence-corrected chi connectivity index (χ4v) is 2.65. The predicted octanol–water partition coefficient (Wildman–Crippen LogP) is 3.15. The highest BCUT2D eigenvalue weighted by molar-refractivity contribution is 5.96. The van der Waals surface area contributed by atoms with Crippen LogP contribution in [-0.2, 0) is 11.4 Å². The van der Waals surface area contributed by atoms with Crippen molar-refractivity contribution in [1.82, 2.24) is 10.7 Å². The molecule has 3 rings (SSSR count). The zero-order valence-corrected chi connectivity index (χ0v) is 17.1. The van der Waals surface area contributed by atoms with Gasteiger partial charge in [0.25, 0.3) is 11.8 Å². The molecule has 7 nitrogen and oxygen atoms in total. The minimum atomic E-state index is -0.436. The van der Waals surface area contributed by atoms with Gasteiger partial charge in [-0.25, -0.2) is 5.43 Å². The van der Waals surface area contributed by atoms with Crippen LogP contribution in [0.5, 0.6) is 11.5 Å². The van der Waals surface area contributed by atoms with E-state index < -0.39 is 5.91 Å². The average Bonchev–Trinajstić information content (AvgIpc) is 2.82. The lowest BCUT2D eigenvalue weighted by Crippen LogP contribution is -2.34. The van der Waals surface area contributed by atoms with E-state index in [-0.39, 0.29) is 12.5 Å². The van der Waals surface area contributed by atoms with Crippen LogP contribution in [-0.4, -0.2) is 31.7 Å². The normalized spacial score (nSPS) is 10.5. The van der Waals surface area contributed by atoms with Gasteiger partial charge in [0.1, 0.15) is 18.1 Å². The van der Waals surface area contributed by atoms with Crippen molar-refractivity contribution in [2.45, 2.75) is 6.61 Å². The molecule has 0 saturated carbocycles. The van der Waals surface area contributed by atoms with E-state index in [0.29, 0.717) is 23.7 Å². The molecule has 0 saturated heterocycles. The summed E-state index contributed by atoms with van der Waals surface area (Å²) in [6.45, 7) is 0.272. The summed E-state index contributed by atoms with van der Waals surface area (Å²) in [4.78, 5) is 24.0. The van der Waals surface area contributed by atoms with Crippen LogP contribution in [0.15, 0.2) is 84.0 Å². The molecule has 0 spiro atoms. The number of carbonyl (C=O) groups excluding carboxylic acids is 2. The molecule has 0 bridgehead atoms. The van der Waals surface area contributed by atoms with Gasteiger partial charge in [0.15, 0.2) is 0 Å². The Hall–Kier alpha value is -4.13. The SMILES string of the molecule is COc1ccc(C(=O)NCC(=O)NN=Cc2cccc(OCc3ccccc3)c2)cc1. The first kappa shape index (κ1) is 21.6. The van der Waals surface area contributed by atoms with Crippen LogP contribution in [0.1, 0.15) is 21.5 Å². The molecular weight excluding hydrogens is 394 g/mol. The van der Waals surface area contributed by atoms with Gasteiger partial charge in [0.2, 0.25) is 0 Å². The van der Waals surface area contributed by atoms with Crippen molar-refractivity contribution in [1.29, 1.82) is 0 Å². The first-order chi connectivity index (χ1) is 15.1. The fraction of sp³-hybridized carbons (Fsp3) is 0.125. The second-order valence-corrected chi connectivity index (χ2v) is 6.55. The number of ether oxygens (including phenoxy) is 2. The number of benzene rings is 3. The molecular formula is C24H23N3O4. The van der Waals surface area contributed by atoms with Crippen molar-refractivity contribution in [2.24, 2.45) is 5.10 Å². The zero-order valence-electron chi connectivity index (χ0n) is 17.1. The maximum absolute atomic E-state index is 12.1. The topological polar surface area (TPSA) is 89.0 Å². The number of hydrogen-bond donors (Lipinski definition) is 2. The Labute approximate surface area is 180 Å². The van der Waals surface area contributed by atoms with Gasteiger partial charge in [0.05, 0.1) is 19.9 Å². The van der Waals surface area contributed by atoms with E-state index in [0.717, 1.165) is 11.1 Å². The molecule has 0 heterocycles. The Morgan fingerprint density at radius 1 is 0.935 bits per heavy atom. The Bertz CT molecular complexity index is 1030. The minimum Gasteiger partial charge on any atom is -0.497 e. The van der Waals surface area contributed by atoms with Crippen molar-refractivity contribution in [3.63, 3.8) is 0 Å². The Morgan fingerprint density at radius 2 is 1.71 bits per heavy atom. The van der Waals surface area contributed by atoms with Gasteiger partial charge in [-0.3, -0.25) is 9.59 Å². The second-order valence-electron chi connectivity index (χ2n) is 6.55. The molecule has 7 heteroatoms. The molecule has 0 radical (unpaired) electrons. The van der Waals surface area contributed by atoms with Crippen molar-refractivity contribution in [2.75, 3.05) is 13.7 Å². The smallest absolute Gasteiger partial charge is 0.259 e. The molecule has 0 atom stereocenters. The first-order valence-electron chi connectivity index (χ1n) is 9.65. The third kappa shape index (κ3) is 7.01. The molecule has 158 valence electrons. The highest BCUT2D eigenvalue weighted by Gasteiger charge is 2.07. The summed E-state index contributed by atoms with van der Waals surface area (Å²) in [7, 11) is 1.55. The lowest BCUT2D eigenvalue weighted by atomic mass is 10.2. The standard InChI is InChI=1S/C24H23N3O4/c1-30-21-12-10-20(11-13-21)24(29)25-16-23(28)27-26-15-19-8-5-9-22(14-19)31-17-18-6-3-2-4-7-18/h2-15H,16-17H2,1H3,(H,25,29)(H,27,28). The Balaban J connectivity index is 1.44. The lowest BCUT2D eigenvalue weighted by Gasteiger charge is -2.07. The van der Waals surface area contributed by atoms with E-state index in [9.17, 15) is 9.59 Å². The van der Waals surface area contributed by atoms with Gasteiger partial charge in [-0.2, -0.15) is 5.10 Å². The van der Waals surface area contributed by atoms with Gasteiger partial charge in [-0.1, -0.05) is 42.5 Å². The van der Waals surface area contributed by atoms with Gasteiger partial charge in [-0.05, 0) is 47.5 Å². The van der Waals surface area contributed by atoms with Crippen LogP contribution in [0.3, 0.4) is 0 Å². The molecule has 0 aliphatic heterocycles. The van der Waals surface area contributed by atoms with E-state index in [1.807, 2.05) is 54.6 Å². The number of hydrogen-bond acceptors (Lipinski definition) is 5. The minimum absolute atomic E-state index is 0.192. The summed E-state index contributed by atoms with van der Waals surface area (Å²) in [5.41, 5.74) is 4.67. The largest absolute Gasteiger partial charge is 0.497 e. The predicted molar refractivity (Wildman–Crippen MR) is 118 cm³/mol. The van der Waals surface area contributed by atoms with E-state index in [4.69, 9.17) is 9.47 Å². The third-order valence-corrected chi connectivity index (χ3v) is 4.27. The maximum Gasteiger partial charge on any atom is 0.259 e. The Kier molecular flexibility index (Phi) is 7.77. The summed E-state index contributed by atoms with van der Waals surface area (Å²) in [5.74, 6) is 0.559. The van der Waals surface area contributed by atoms with Gasteiger partial charge >= 0.3 is 0 Å². The molecule has 0 aliphatic rings. The van der Waals surface area contributed by atoms with Crippen LogP contribution in [0, 0.1) is 0 Å². The van der Waals surface area contributed by atoms with Gasteiger partial charge in [-0.15, -0.1) is 0 Å². The van der Waals surface area contributed by atoms with E-state index in [1.54, 1.807) is 31.4 Å². The molecule has 0 fully saturated rings. The van der Waals surface area contributed by atoms with Crippen LogP contribution < -0.4 is 20.2 Å². The monoisotopic (exact) mass is 417 g/mol. The quantitative estimate of drug-likeness (QED) is 0.413. The number of methoxy groups -OCH3 is 1. The number of amides is 2. The zero-order chi connectivity index (χ0) is 21.9. The van der Waals surface area contributed by atoms with Crippen LogP contribution in [0.4, 0.5) is 0 Å². The average molecular weight is 417 g/mol. The summed E-state index contributed by atoms with van der Waals surface area (Å²) >= 11 is 0. The second kappa shape index (κ2) is 11.2. The number of hydrazone groups is 1. The fourth-order valence-electron chi connectivity index (χ4n) is 2.65. The number of nitrogens with zero attached hydrogens (tertiary/aromatic N) is 1. The number of carbonyl (C=O) groups is 2. The highest BCUT2D eigenvalue weighted by Crippen LogP contribution is 2.14. The summed E-state index contributed by atoms with van der Waals surface area (Å²) < 4.78 is 10.8. The summed E-state index contributed by atoms with van der Waals surface area (Å²) in [6.07, 6.45) is 1.51. The number of rotatable bonds is 9. The lowest BCUT2D eigenvalue weighted by molar-refractivity contribution is -0.120. The molecule has 31 heavy (non-hydrogen) atoms. The van der Waals surface area contributed by atoms with Gasteiger partial charge in [0, 0.05) is 5.56 Å². The molecule has 3 aromatic carbocycles. The number of nitrogens with one attached hydrogen (secondary N) is 2. The summed E-state index contributed by atoms with van der Waals surface area (Å²) in [5, 5.41) is 6.47. The van der Waals surface area contributed by atoms with Crippen LogP contribution in [0.25, 0.3) is 0 Å². The Morgan fingerprint density at radius 3 is 2.45 bits per heavy atom. The third-order valence-electron chi connectivity index (χ3n) is 4.27. The summed E-state index contributed by atoms with van der Waals surface area (Å²) in [6, 6.07) is 23.8. The van der Waals surface area contributed by atoms with Crippen molar-refractivity contribution in [3.8, 4) is 11.5 Å². The van der Waals surface area contributed by atoms with Crippen molar-refractivity contribution in [3.05, 3.63) is 95.6 Å². The molecule has 0 aliphatic carbocycles. The molecule has 2 amide bonds. The molecule has 3 aromatic rings. The maximum atomic E-state index is 12.1. The van der Waals surface area contributed by atoms with Crippen molar-refractivity contribution >= 4 is 18.0 Å². The molecule has 0 aromatic heterocycles. The van der Waals surface area contributed by atoms with Gasteiger partial charge < -0.3 is 14.8 Å². The van der Waals surface area contributed by atoms with Crippen molar-refractivity contribution < 1.29 is 19.1 Å². The molecule has 2 N–H and O–H groups in total. The first-order valence-corrected chi connectivity index (χ1v) is 9.65. The van der Waals surface area contributed by atoms with E-state index in [1.165, 1.54) is 6.21 Å². The highest BCUT2D eigenvalue weighted by atomic mass is 16.5. The van der Waals surface area contributed by atoms with E-state index >= 15 is 0 Å².